The molecule has 10 heteroatoms. The largest absolute Gasteiger partial charge is 0.496 e. The molecule has 0 saturated carbocycles. The van der Waals surface area contributed by atoms with Crippen LogP contribution in [0.2, 0.25) is 5.02 Å². The third kappa shape index (κ3) is 5.16. The Morgan fingerprint density at radius 1 is 1.03 bits per heavy atom. The third-order valence-corrected chi connectivity index (χ3v) is 5.60. The molecule has 1 aromatic heterocycles. The van der Waals surface area contributed by atoms with Crippen molar-refractivity contribution in [2.45, 2.75) is 0 Å². The van der Waals surface area contributed by atoms with Gasteiger partial charge in [-0.15, -0.1) is 0 Å². The van der Waals surface area contributed by atoms with Crippen molar-refractivity contribution < 1.29 is 24.2 Å². The number of hydrogen-bond acceptors (Lipinski definition) is 6. The second-order valence-corrected chi connectivity index (χ2v) is 8.27. The summed E-state index contributed by atoms with van der Waals surface area (Å²) in [6, 6.07) is 11.5. The average molecular weight is 487 g/mol. The van der Waals surface area contributed by atoms with E-state index < -0.39 is 5.97 Å². The minimum atomic E-state index is -1.19. The van der Waals surface area contributed by atoms with E-state index in [9.17, 15) is 14.7 Å². The standard InChI is InChI=1S/C24H27ClN4O5/c1-27(2)11-12-28(3)23(30)16-13-15(9-10-17(16)25)29-19(14-18(26-29)24(31)32)22-20(33-4)7-6-8-21(22)34-5/h6-10,13-14H,11-12H2,1-5H3,(H,31,32). The van der Waals surface area contributed by atoms with Crippen molar-refractivity contribution in [3.05, 3.63) is 58.7 Å². The van der Waals surface area contributed by atoms with E-state index in [-0.39, 0.29) is 22.2 Å². The first-order valence-electron chi connectivity index (χ1n) is 10.4. The summed E-state index contributed by atoms with van der Waals surface area (Å²) in [6.07, 6.45) is 0. The molecule has 1 amide bonds. The molecule has 0 atom stereocenters. The SMILES string of the molecule is COc1cccc(OC)c1-c1cc(C(=O)O)nn1-c1ccc(Cl)c(C(=O)N(C)CCN(C)C)c1. The Labute approximate surface area is 203 Å². The van der Waals surface area contributed by atoms with Crippen LogP contribution in [0.25, 0.3) is 16.9 Å². The number of ether oxygens (including phenoxy) is 2. The number of carboxylic acid groups (broad SMARTS) is 1. The van der Waals surface area contributed by atoms with Crippen LogP contribution >= 0.6 is 11.6 Å². The molecule has 2 aromatic carbocycles. The van der Waals surface area contributed by atoms with Crippen LogP contribution in [-0.4, -0.2) is 85.0 Å². The second-order valence-electron chi connectivity index (χ2n) is 7.86. The highest BCUT2D eigenvalue weighted by atomic mass is 35.5. The van der Waals surface area contributed by atoms with Gasteiger partial charge in [0, 0.05) is 20.1 Å². The highest BCUT2D eigenvalue weighted by Gasteiger charge is 2.23. The number of carbonyl (C=O) groups is 2. The lowest BCUT2D eigenvalue weighted by molar-refractivity contribution is 0.0689. The quantitative estimate of drug-likeness (QED) is 0.494. The van der Waals surface area contributed by atoms with Crippen LogP contribution < -0.4 is 9.47 Å². The lowest BCUT2D eigenvalue weighted by atomic mass is 10.1. The fourth-order valence-corrected chi connectivity index (χ4v) is 3.63. The lowest BCUT2D eigenvalue weighted by Gasteiger charge is -2.21. The summed E-state index contributed by atoms with van der Waals surface area (Å²) in [6.45, 7) is 1.21. The fraction of sp³-hybridized carbons (Fsp3) is 0.292. The van der Waals surface area contributed by atoms with Gasteiger partial charge < -0.3 is 24.4 Å². The van der Waals surface area contributed by atoms with Crippen LogP contribution in [0.1, 0.15) is 20.8 Å². The first-order chi connectivity index (χ1) is 16.2. The monoisotopic (exact) mass is 486 g/mol. The van der Waals surface area contributed by atoms with Crippen LogP contribution in [0.15, 0.2) is 42.5 Å². The predicted molar refractivity (Wildman–Crippen MR) is 130 cm³/mol. The number of carboxylic acids is 1. The summed E-state index contributed by atoms with van der Waals surface area (Å²) in [5, 5.41) is 14.2. The maximum absolute atomic E-state index is 13.1. The van der Waals surface area contributed by atoms with Crippen LogP contribution in [-0.2, 0) is 0 Å². The molecule has 9 nitrogen and oxygen atoms in total. The van der Waals surface area contributed by atoms with E-state index in [4.69, 9.17) is 21.1 Å². The number of carbonyl (C=O) groups excluding carboxylic acids is 1. The first kappa shape index (κ1) is 25.1. The van der Waals surface area contributed by atoms with Gasteiger partial charge in [-0.25, -0.2) is 9.48 Å². The number of amides is 1. The Kier molecular flexibility index (Phi) is 7.80. The van der Waals surface area contributed by atoms with Crippen molar-refractivity contribution >= 4 is 23.5 Å². The summed E-state index contributed by atoms with van der Waals surface area (Å²) in [5.74, 6) is -0.490. The molecule has 0 unspecified atom stereocenters. The second kappa shape index (κ2) is 10.6. The number of benzene rings is 2. The molecule has 1 heterocycles. The van der Waals surface area contributed by atoms with Crippen molar-refractivity contribution in [1.29, 1.82) is 0 Å². The zero-order valence-electron chi connectivity index (χ0n) is 19.7. The molecule has 1 N–H and O–H groups in total. The smallest absolute Gasteiger partial charge is 0.356 e. The zero-order chi connectivity index (χ0) is 25.0. The van der Waals surface area contributed by atoms with Crippen LogP contribution in [0.4, 0.5) is 0 Å². The van der Waals surface area contributed by atoms with E-state index >= 15 is 0 Å². The maximum Gasteiger partial charge on any atom is 0.356 e. The molecular formula is C24H27ClN4O5. The van der Waals surface area contributed by atoms with Gasteiger partial charge in [0.25, 0.3) is 5.91 Å². The van der Waals surface area contributed by atoms with Gasteiger partial charge in [0.05, 0.1) is 41.8 Å². The maximum atomic E-state index is 13.1. The van der Waals surface area contributed by atoms with Gasteiger partial charge in [-0.1, -0.05) is 17.7 Å². The number of aromatic carboxylic acids is 1. The molecule has 3 rings (SSSR count). The van der Waals surface area contributed by atoms with Crippen LogP contribution in [0, 0.1) is 0 Å². The normalized spacial score (nSPS) is 10.9. The molecule has 180 valence electrons. The van der Waals surface area contributed by atoms with Crippen molar-refractivity contribution in [1.82, 2.24) is 19.6 Å². The summed E-state index contributed by atoms with van der Waals surface area (Å²) in [5.41, 5.74) is 1.52. The van der Waals surface area contributed by atoms with E-state index in [1.807, 2.05) is 19.0 Å². The number of methoxy groups -OCH3 is 2. The Bertz CT molecular complexity index is 1190. The molecule has 34 heavy (non-hydrogen) atoms. The third-order valence-electron chi connectivity index (χ3n) is 5.27. The highest BCUT2D eigenvalue weighted by molar-refractivity contribution is 6.33. The number of rotatable bonds is 9. The molecule has 3 aromatic rings. The zero-order valence-corrected chi connectivity index (χ0v) is 20.5. The van der Waals surface area contributed by atoms with Gasteiger partial charge in [-0.2, -0.15) is 5.10 Å². The summed E-state index contributed by atoms with van der Waals surface area (Å²) >= 11 is 6.37. The Morgan fingerprint density at radius 3 is 2.24 bits per heavy atom. The van der Waals surface area contributed by atoms with Crippen molar-refractivity contribution in [2.75, 3.05) is 48.5 Å². The molecule has 0 bridgehead atoms. The fourth-order valence-electron chi connectivity index (χ4n) is 3.43. The molecule has 0 aliphatic carbocycles. The van der Waals surface area contributed by atoms with Crippen LogP contribution in [0.3, 0.4) is 0 Å². The summed E-state index contributed by atoms with van der Waals surface area (Å²) in [4.78, 5) is 28.4. The number of nitrogens with zero attached hydrogens (tertiary/aromatic N) is 4. The molecule has 0 aliphatic rings. The van der Waals surface area contributed by atoms with Crippen molar-refractivity contribution in [3.8, 4) is 28.4 Å². The van der Waals surface area contributed by atoms with Gasteiger partial charge in [0.2, 0.25) is 0 Å². The number of aromatic nitrogens is 2. The van der Waals surface area contributed by atoms with E-state index in [2.05, 4.69) is 5.10 Å². The predicted octanol–water partition coefficient (Wildman–Crippen LogP) is 3.54. The van der Waals surface area contributed by atoms with Gasteiger partial charge in [-0.3, -0.25) is 4.79 Å². The molecule has 0 spiro atoms. The molecule has 0 fully saturated rings. The minimum absolute atomic E-state index is 0.172. The van der Waals surface area contributed by atoms with Gasteiger partial charge in [-0.05, 0) is 50.5 Å². The molecule has 0 radical (unpaired) electrons. The van der Waals surface area contributed by atoms with E-state index in [0.717, 1.165) is 0 Å². The van der Waals surface area contributed by atoms with Crippen molar-refractivity contribution in [2.24, 2.45) is 0 Å². The molecular weight excluding hydrogens is 460 g/mol. The summed E-state index contributed by atoms with van der Waals surface area (Å²) in [7, 11) is 8.59. The number of halogens is 1. The van der Waals surface area contributed by atoms with E-state index in [0.29, 0.717) is 41.5 Å². The Morgan fingerprint density at radius 2 is 1.68 bits per heavy atom. The lowest BCUT2D eigenvalue weighted by Crippen LogP contribution is -2.33. The Hall–Kier alpha value is -3.56. The van der Waals surface area contributed by atoms with E-state index in [1.165, 1.54) is 25.0 Å². The van der Waals surface area contributed by atoms with Gasteiger partial charge in [0.15, 0.2) is 5.69 Å². The summed E-state index contributed by atoms with van der Waals surface area (Å²) < 4.78 is 12.5. The minimum Gasteiger partial charge on any atom is -0.496 e. The van der Waals surface area contributed by atoms with Gasteiger partial charge >= 0.3 is 5.97 Å². The van der Waals surface area contributed by atoms with Crippen molar-refractivity contribution in [3.63, 3.8) is 0 Å². The van der Waals surface area contributed by atoms with E-state index in [1.54, 1.807) is 48.3 Å². The van der Waals surface area contributed by atoms with Gasteiger partial charge in [0.1, 0.15) is 11.5 Å². The Balaban J connectivity index is 2.16. The molecule has 0 aliphatic heterocycles. The topological polar surface area (TPSA) is 97.1 Å². The van der Waals surface area contributed by atoms with Crippen LogP contribution in [0.5, 0.6) is 11.5 Å². The highest BCUT2D eigenvalue weighted by Crippen LogP contribution is 2.39. The molecule has 0 saturated heterocycles. The average Bonchev–Trinajstić information content (AvgIpc) is 3.27. The number of hydrogen-bond donors (Lipinski definition) is 1. The first-order valence-corrected chi connectivity index (χ1v) is 10.8. The number of likely N-dealkylation sites (N-methyl/N-ethyl adjacent to an activating group) is 2.